The molecule has 0 heterocycles. The lowest BCUT2D eigenvalue weighted by atomic mass is 10.4. The first kappa shape index (κ1) is 14.5. The van der Waals surface area contributed by atoms with Crippen LogP contribution in [0.15, 0.2) is 0 Å². The van der Waals surface area contributed by atoms with Gasteiger partial charge in [-0.15, -0.1) is 0 Å². The fourth-order valence-corrected chi connectivity index (χ4v) is 3.26. The number of thioether (sulfide) groups is 1. The minimum absolute atomic E-state index is 0.0237. The Morgan fingerprint density at radius 2 is 1.79 bits per heavy atom. The van der Waals surface area contributed by atoms with Crippen LogP contribution in [0.4, 0.5) is 0 Å². The highest BCUT2D eigenvalue weighted by Crippen LogP contribution is 2.08. The molecule has 0 fully saturated rings. The van der Waals surface area contributed by atoms with Crippen LogP contribution >= 0.6 is 11.8 Å². The van der Waals surface area contributed by atoms with Crippen molar-refractivity contribution in [2.24, 2.45) is 0 Å². The number of rotatable bonds is 10. The largest absolute Gasteiger partial charge is 0.360 e. The Bertz CT molecular complexity index is 110. The van der Waals surface area contributed by atoms with Crippen LogP contribution < -0.4 is 0 Å². The van der Waals surface area contributed by atoms with Crippen molar-refractivity contribution in [3.63, 3.8) is 0 Å². The van der Waals surface area contributed by atoms with E-state index in [2.05, 4.69) is 18.7 Å². The third-order valence-corrected chi connectivity index (χ3v) is 4.45. The van der Waals surface area contributed by atoms with E-state index in [0.29, 0.717) is 0 Å². The Morgan fingerprint density at radius 3 is 2.36 bits per heavy atom. The van der Waals surface area contributed by atoms with Gasteiger partial charge >= 0.3 is 0 Å². The Morgan fingerprint density at radius 1 is 1.14 bits per heavy atom. The molecule has 4 heteroatoms. The molecule has 0 unspecified atom stereocenters. The zero-order valence-corrected chi connectivity index (χ0v) is 11.4. The van der Waals surface area contributed by atoms with Crippen molar-refractivity contribution >= 4 is 21.3 Å². The molecule has 0 aliphatic rings. The van der Waals surface area contributed by atoms with Crippen LogP contribution in [0.1, 0.15) is 26.2 Å². The summed E-state index contributed by atoms with van der Waals surface area (Å²) in [6.07, 6.45) is 3.95. The molecule has 2 nitrogen and oxygen atoms in total. The Labute approximate surface area is 94.9 Å². The van der Waals surface area contributed by atoms with Crippen LogP contribution in [0.25, 0.3) is 0 Å². The first-order chi connectivity index (χ1) is 6.85. The summed E-state index contributed by atoms with van der Waals surface area (Å²) in [5.74, 6) is 2.63. The zero-order valence-electron chi connectivity index (χ0n) is 9.54. The summed E-state index contributed by atoms with van der Waals surface area (Å²) in [6.45, 7) is 2.24. The van der Waals surface area contributed by atoms with Gasteiger partial charge < -0.3 is 9.47 Å². The summed E-state index contributed by atoms with van der Waals surface area (Å²) < 4.78 is 10.3. The molecule has 0 N–H and O–H groups in total. The normalized spacial score (nSPS) is 11.1. The van der Waals surface area contributed by atoms with Gasteiger partial charge in [-0.25, -0.2) is 0 Å². The van der Waals surface area contributed by atoms with Crippen molar-refractivity contribution < 1.29 is 9.47 Å². The number of hydrogen-bond acceptors (Lipinski definition) is 3. The van der Waals surface area contributed by atoms with Crippen molar-refractivity contribution in [1.82, 2.24) is 0 Å². The second-order valence-corrected chi connectivity index (χ2v) is 5.68. The van der Waals surface area contributed by atoms with Crippen LogP contribution in [0, 0.1) is 0 Å². The van der Waals surface area contributed by atoms with Crippen LogP contribution in [0.5, 0.6) is 0 Å². The first-order valence-electron chi connectivity index (χ1n) is 5.21. The molecule has 0 atom stereocenters. The highest BCUT2D eigenvalue weighted by molar-refractivity contribution is 7.99. The Hall–Kier alpha value is 0.487. The molecule has 2 radical (unpaired) electrons. The fraction of sp³-hybridized carbons (Fsp3) is 1.00. The predicted octanol–water partition coefficient (Wildman–Crippen LogP) is 2.61. The van der Waals surface area contributed by atoms with Crippen molar-refractivity contribution in [3.8, 4) is 0 Å². The standard InChI is InChI=1S/C10H22O2SSi/c1-4-5-7-13-8-6-9-14-10(11-2)12-3/h10H,4-9H2,1-3H3. The molecule has 84 valence electrons. The maximum absolute atomic E-state index is 5.13. The smallest absolute Gasteiger partial charge is 0.136 e. The van der Waals surface area contributed by atoms with E-state index in [0.717, 1.165) is 9.52 Å². The summed E-state index contributed by atoms with van der Waals surface area (Å²) in [5.41, 5.74) is 0. The number of unbranched alkanes of at least 4 members (excludes halogenated alkanes) is 1. The quantitative estimate of drug-likeness (QED) is 0.329. The maximum Gasteiger partial charge on any atom is 0.136 e. The second-order valence-electron chi connectivity index (χ2n) is 3.08. The van der Waals surface area contributed by atoms with Crippen LogP contribution in [0.2, 0.25) is 6.04 Å². The van der Waals surface area contributed by atoms with E-state index in [9.17, 15) is 0 Å². The molecule has 0 aromatic carbocycles. The van der Waals surface area contributed by atoms with Crippen molar-refractivity contribution in [2.75, 3.05) is 25.7 Å². The van der Waals surface area contributed by atoms with E-state index in [1.54, 1.807) is 14.2 Å². The minimum atomic E-state index is 0.0237. The minimum Gasteiger partial charge on any atom is -0.360 e. The van der Waals surface area contributed by atoms with Gasteiger partial charge in [0.25, 0.3) is 0 Å². The van der Waals surface area contributed by atoms with E-state index in [-0.39, 0.29) is 5.91 Å². The summed E-state index contributed by atoms with van der Waals surface area (Å²) in [6, 6.07) is 1.23. The van der Waals surface area contributed by atoms with E-state index >= 15 is 0 Å². The molecule has 0 aliphatic heterocycles. The lowest BCUT2D eigenvalue weighted by Gasteiger charge is -2.11. The molecular formula is C10H22O2SSi. The summed E-state index contributed by atoms with van der Waals surface area (Å²) >= 11 is 2.07. The van der Waals surface area contributed by atoms with Crippen molar-refractivity contribution in [2.45, 2.75) is 38.1 Å². The van der Waals surface area contributed by atoms with Gasteiger partial charge in [0.1, 0.15) is 15.4 Å². The molecule has 0 aromatic rings. The maximum atomic E-state index is 5.13. The highest BCUT2D eigenvalue weighted by atomic mass is 32.2. The van der Waals surface area contributed by atoms with Gasteiger partial charge in [0.05, 0.1) is 0 Å². The molecule has 0 aromatic heterocycles. The summed E-state index contributed by atoms with van der Waals surface area (Å²) in [5, 5.41) is 0. The number of ether oxygens (including phenoxy) is 2. The molecule has 0 amide bonds. The van der Waals surface area contributed by atoms with E-state index in [4.69, 9.17) is 9.47 Å². The van der Waals surface area contributed by atoms with Gasteiger partial charge in [-0.2, -0.15) is 11.8 Å². The fourth-order valence-electron chi connectivity index (χ4n) is 1.01. The van der Waals surface area contributed by atoms with Gasteiger partial charge in [-0.1, -0.05) is 19.4 Å². The van der Waals surface area contributed by atoms with Crippen molar-refractivity contribution in [3.05, 3.63) is 0 Å². The lowest BCUT2D eigenvalue weighted by Crippen LogP contribution is -2.21. The van der Waals surface area contributed by atoms with E-state index in [1.165, 1.54) is 36.8 Å². The molecule has 0 spiro atoms. The van der Waals surface area contributed by atoms with Crippen LogP contribution in [-0.4, -0.2) is 41.2 Å². The van der Waals surface area contributed by atoms with Crippen LogP contribution in [0.3, 0.4) is 0 Å². The third kappa shape index (κ3) is 9.06. The average molecular weight is 234 g/mol. The summed E-state index contributed by atoms with van der Waals surface area (Å²) in [7, 11) is 4.19. The Balaban J connectivity index is 3.04. The molecule has 0 rings (SSSR count). The van der Waals surface area contributed by atoms with Gasteiger partial charge in [-0.05, 0) is 24.3 Å². The Kier molecular flexibility index (Phi) is 12.0. The van der Waals surface area contributed by atoms with E-state index < -0.39 is 0 Å². The SMILES string of the molecule is CCCCSCCC[Si]C(OC)OC. The molecule has 14 heavy (non-hydrogen) atoms. The van der Waals surface area contributed by atoms with Gasteiger partial charge in [0.15, 0.2) is 0 Å². The summed E-state index contributed by atoms with van der Waals surface area (Å²) in [4.78, 5) is 0. The zero-order chi connectivity index (χ0) is 10.6. The van der Waals surface area contributed by atoms with Gasteiger partial charge in [-0.3, -0.25) is 0 Å². The van der Waals surface area contributed by atoms with Crippen molar-refractivity contribution in [1.29, 1.82) is 0 Å². The average Bonchev–Trinajstić information content (AvgIpc) is 2.22. The molecule has 0 saturated heterocycles. The molecule has 0 saturated carbocycles. The predicted molar refractivity (Wildman–Crippen MR) is 65.2 cm³/mol. The number of methoxy groups -OCH3 is 2. The van der Waals surface area contributed by atoms with Gasteiger partial charge in [0, 0.05) is 14.2 Å². The monoisotopic (exact) mass is 234 g/mol. The molecule has 0 bridgehead atoms. The second kappa shape index (κ2) is 11.6. The molecular weight excluding hydrogens is 212 g/mol. The first-order valence-corrected chi connectivity index (χ1v) is 7.65. The van der Waals surface area contributed by atoms with Crippen LogP contribution in [-0.2, 0) is 9.47 Å². The van der Waals surface area contributed by atoms with E-state index in [1.807, 2.05) is 0 Å². The topological polar surface area (TPSA) is 18.5 Å². The third-order valence-electron chi connectivity index (χ3n) is 1.85. The van der Waals surface area contributed by atoms with Gasteiger partial charge in [0.2, 0.25) is 0 Å². The molecule has 0 aliphatic carbocycles. The highest BCUT2D eigenvalue weighted by Gasteiger charge is 2.04. The lowest BCUT2D eigenvalue weighted by molar-refractivity contribution is -0.0441. The number of hydrogen-bond donors (Lipinski definition) is 0.